The van der Waals surface area contributed by atoms with Crippen molar-refractivity contribution in [2.75, 3.05) is 0 Å². The van der Waals surface area contributed by atoms with E-state index < -0.39 is 0 Å². The van der Waals surface area contributed by atoms with Crippen LogP contribution in [0.3, 0.4) is 0 Å². The van der Waals surface area contributed by atoms with Crippen LogP contribution in [0.15, 0.2) is 22.7 Å². The molecule has 1 fully saturated rings. The van der Waals surface area contributed by atoms with Gasteiger partial charge >= 0.3 is 0 Å². The monoisotopic (exact) mass is 298 g/mol. The summed E-state index contributed by atoms with van der Waals surface area (Å²) in [7, 11) is 0. The summed E-state index contributed by atoms with van der Waals surface area (Å²) in [5, 5.41) is 14.2. The highest BCUT2D eigenvalue weighted by Crippen LogP contribution is 2.28. The molecule has 1 aliphatic carbocycles. The number of benzene rings is 1. The van der Waals surface area contributed by atoms with E-state index >= 15 is 0 Å². The normalized spacial score (nSPS) is 23.2. The van der Waals surface area contributed by atoms with E-state index in [9.17, 15) is 10.1 Å². The molecule has 0 aromatic heterocycles. The summed E-state index contributed by atoms with van der Waals surface area (Å²) in [6, 6.07) is 5.58. The third kappa shape index (κ3) is 3.04. The standard InChI is InChI=1S/C12H15BrN2O2/c1-8-4-11(5-8)14-7-9-6-10(13)2-3-12(9)15(16)17/h2-3,6,8,11,14H,4-5,7H2,1H3. The maximum Gasteiger partial charge on any atom is 0.273 e. The third-order valence-electron chi connectivity index (χ3n) is 3.19. The largest absolute Gasteiger partial charge is 0.310 e. The van der Waals surface area contributed by atoms with Gasteiger partial charge in [-0.05, 0) is 30.9 Å². The quantitative estimate of drug-likeness (QED) is 0.686. The van der Waals surface area contributed by atoms with Gasteiger partial charge in [-0.25, -0.2) is 0 Å². The van der Waals surface area contributed by atoms with Crippen LogP contribution in [0, 0.1) is 16.0 Å². The molecule has 0 spiro atoms. The zero-order valence-corrected chi connectivity index (χ0v) is 11.2. The van der Waals surface area contributed by atoms with Gasteiger partial charge in [-0.1, -0.05) is 22.9 Å². The molecule has 0 atom stereocenters. The molecule has 0 radical (unpaired) electrons. The van der Waals surface area contributed by atoms with Crippen molar-refractivity contribution >= 4 is 21.6 Å². The van der Waals surface area contributed by atoms with Crippen LogP contribution in [0.1, 0.15) is 25.3 Å². The van der Waals surface area contributed by atoms with Gasteiger partial charge in [0, 0.05) is 28.7 Å². The first kappa shape index (κ1) is 12.5. The zero-order valence-electron chi connectivity index (χ0n) is 9.65. The van der Waals surface area contributed by atoms with E-state index in [1.807, 2.05) is 6.07 Å². The summed E-state index contributed by atoms with van der Waals surface area (Å²) in [4.78, 5) is 10.5. The van der Waals surface area contributed by atoms with Crippen LogP contribution < -0.4 is 5.32 Å². The molecular weight excluding hydrogens is 284 g/mol. The fourth-order valence-corrected chi connectivity index (χ4v) is 2.61. The molecule has 1 aliphatic rings. The summed E-state index contributed by atoms with van der Waals surface area (Å²) in [5.41, 5.74) is 0.928. The molecule has 0 saturated heterocycles. The molecule has 2 rings (SSSR count). The highest BCUT2D eigenvalue weighted by Gasteiger charge is 2.25. The van der Waals surface area contributed by atoms with Gasteiger partial charge in [-0.3, -0.25) is 10.1 Å². The van der Waals surface area contributed by atoms with Gasteiger partial charge in [0.05, 0.1) is 4.92 Å². The van der Waals surface area contributed by atoms with Crippen LogP contribution in [0.2, 0.25) is 0 Å². The Kier molecular flexibility index (Phi) is 3.79. The van der Waals surface area contributed by atoms with Gasteiger partial charge < -0.3 is 5.32 Å². The van der Waals surface area contributed by atoms with E-state index in [-0.39, 0.29) is 10.6 Å². The first-order valence-corrected chi connectivity index (χ1v) is 6.51. The number of nitro groups is 1. The third-order valence-corrected chi connectivity index (χ3v) is 3.69. The average molecular weight is 299 g/mol. The molecular formula is C12H15BrN2O2. The molecule has 0 amide bonds. The number of halogens is 1. The number of rotatable bonds is 4. The molecule has 5 heteroatoms. The van der Waals surface area contributed by atoms with Gasteiger partial charge in [-0.2, -0.15) is 0 Å². The Labute approximate surface area is 109 Å². The Balaban J connectivity index is 2.03. The average Bonchev–Trinajstić information content (AvgIpc) is 2.22. The maximum absolute atomic E-state index is 10.9. The predicted molar refractivity (Wildman–Crippen MR) is 69.8 cm³/mol. The Morgan fingerprint density at radius 2 is 2.24 bits per heavy atom. The second kappa shape index (κ2) is 5.14. The van der Waals surface area contributed by atoms with E-state index in [2.05, 4.69) is 28.2 Å². The summed E-state index contributed by atoms with van der Waals surface area (Å²) in [5.74, 6) is 0.782. The molecule has 17 heavy (non-hydrogen) atoms. The first-order chi connectivity index (χ1) is 8.06. The first-order valence-electron chi connectivity index (χ1n) is 5.72. The van der Waals surface area contributed by atoms with Crippen molar-refractivity contribution in [3.8, 4) is 0 Å². The Morgan fingerprint density at radius 1 is 1.53 bits per heavy atom. The molecule has 92 valence electrons. The minimum absolute atomic E-state index is 0.188. The molecule has 1 N–H and O–H groups in total. The summed E-state index contributed by atoms with van der Waals surface area (Å²) < 4.78 is 0.877. The lowest BCUT2D eigenvalue weighted by Crippen LogP contribution is -2.39. The molecule has 0 unspecified atom stereocenters. The van der Waals surface area contributed by atoms with Crippen LogP contribution in [0.5, 0.6) is 0 Å². The van der Waals surface area contributed by atoms with Gasteiger partial charge in [0.2, 0.25) is 0 Å². The number of nitrogens with zero attached hydrogens (tertiary/aromatic N) is 1. The SMILES string of the molecule is CC1CC(NCc2cc(Br)ccc2[N+](=O)[O-])C1. The van der Waals surface area contributed by atoms with Gasteiger partial charge in [0.15, 0.2) is 0 Å². The topological polar surface area (TPSA) is 55.2 Å². The maximum atomic E-state index is 10.9. The van der Waals surface area contributed by atoms with Crippen molar-refractivity contribution in [2.24, 2.45) is 5.92 Å². The highest BCUT2D eigenvalue weighted by atomic mass is 79.9. The molecule has 1 aromatic rings. The lowest BCUT2D eigenvalue weighted by atomic mass is 9.82. The highest BCUT2D eigenvalue weighted by molar-refractivity contribution is 9.10. The lowest BCUT2D eigenvalue weighted by Gasteiger charge is -2.33. The minimum Gasteiger partial charge on any atom is -0.310 e. The lowest BCUT2D eigenvalue weighted by molar-refractivity contribution is -0.385. The van der Waals surface area contributed by atoms with Crippen LogP contribution >= 0.6 is 15.9 Å². The molecule has 0 bridgehead atoms. The van der Waals surface area contributed by atoms with Gasteiger partial charge in [-0.15, -0.1) is 0 Å². The summed E-state index contributed by atoms with van der Waals surface area (Å²) in [6.07, 6.45) is 2.34. The van der Waals surface area contributed by atoms with E-state index in [0.717, 1.165) is 16.0 Å². The molecule has 1 aromatic carbocycles. The fourth-order valence-electron chi connectivity index (χ4n) is 2.20. The number of nitro benzene ring substituents is 1. The van der Waals surface area contributed by atoms with Crippen molar-refractivity contribution in [1.82, 2.24) is 5.32 Å². The Bertz CT molecular complexity index is 431. The smallest absolute Gasteiger partial charge is 0.273 e. The van der Waals surface area contributed by atoms with Gasteiger partial charge in [0.25, 0.3) is 5.69 Å². The van der Waals surface area contributed by atoms with Crippen LogP contribution in [-0.2, 0) is 6.54 Å². The van der Waals surface area contributed by atoms with Crippen molar-refractivity contribution in [1.29, 1.82) is 0 Å². The number of nitrogens with one attached hydrogen (secondary N) is 1. The second-order valence-electron chi connectivity index (χ2n) is 4.68. The number of hydrogen-bond acceptors (Lipinski definition) is 3. The van der Waals surface area contributed by atoms with Crippen molar-refractivity contribution in [3.05, 3.63) is 38.3 Å². The summed E-state index contributed by atoms with van der Waals surface area (Å²) >= 11 is 3.34. The van der Waals surface area contributed by atoms with E-state index in [1.165, 1.54) is 12.8 Å². The zero-order chi connectivity index (χ0) is 12.4. The molecule has 0 heterocycles. The van der Waals surface area contributed by atoms with Crippen LogP contribution in [0.4, 0.5) is 5.69 Å². The van der Waals surface area contributed by atoms with Crippen molar-refractivity contribution in [2.45, 2.75) is 32.4 Å². The van der Waals surface area contributed by atoms with E-state index in [4.69, 9.17) is 0 Å². The predicted octanol–water partition coefficient (Wildman–Crippen LogP) is 3.25. The van der Waals surface area contributed by atoms with Gasteiger partial charge in [0.1, 0.15) is 0 Å². The minimum atomic E-state index is -0.327. The Morgan fingerprint density at radius 3 is 2.82 bits per heavy atom. The molecule has 1 saturated carbocycles. The number of hydrogen-bond donors (Lipinski definition) is 1. The van der Waals surface area contributed by atoms with Crippen molar-refractivity contribution < 1.29 is 4.92 Å². The molecule has 4 nitrogen and oxygen atoms in total. The van der Waals surface area contributed by atoms with Crippen molar-refractivity contribution in [3.63, 3.8) is 0 Å². The fraction of sp³-hybridized carbons (Fsp3) is 0.500. The van der Waals surface area contributed by atoms with Crippen LogP contribution in [0.25, 0.3) is 0 Å². The van der Waals surface area contributed by atoms with E-state index in [1.54, 1.807) is 12.1 Å². The van der Waals surface area contributed by atoms with Crippen LogP contribution in [-0.4, -0.2) is 11.0 Å². The van der Waals surface area contributed by atoms with E-state index in [0.29, 0.717) is 12.6 Å². The Hall–Kier alpha value is -0.940. The molecule has 0 aliphatic heterocycles. The summed E-state index contributed by atoms with van der Waals surface area (Å²) in [6.45, 7) is 2.78. The second-order valence-corrected chi connectivity index (χ2v) is 5.60.